The Morgan fingerprint density at radius 1 is 1.32 bits per heavy atom. The van der Waals surface area contributed by atoms with Crippen molar-refractivity contribution in [2.24, 2.45) is 0 Å². The molecule has 1 aromatic heterocycles. The molecule has 0 unspecified atom stereocenters. The van der Waals surface area contributed by atoms with E-state index >= 15 is 0 Å². The van der Waals surface area contributed by atoms with E-state index in [1.807, 2.05) is 4.72 Å². The van der Waals surface area contributed by atoms with Crippen LogP contribution in [0.2, 0.25) is 0 Å². The van der Waals surface area contributed by atoms with Gasteiger partial charge in [-0.1, -0.05) is 0 Å². The van der Waals surface area contributed by atoms with Crippen molar-refractivity contribution in [3.8, 4) is 5.75 Å². The van der Waals surface area contributed by atoms with E-state index in [0.717, 1.165) is 6.07 Å². The lowest BCUT2D eigenvalue weighted by Gasteiger charge is -2.07. The van der Waals surface area contributed by atoms with Crippen LogP contribution >= 0.6 is 0 Å². The number of sulfonamides is 1. The van der Waals surface area contributed by atoms with Crippen molar-refractivity contribution in [3.63, 3.8) is 0 Å². The summed E-state index contributed by atoms with van der Waals surface area (Å²) in [7, 11) is -2.84. The molecule has 0 aliphatic carbocycles. The summed E-state index contributed by atoms with van der Waals surface area (Å²) in [4.78, 5) is 21.2. The summed E-state index contributed by atoms with van der Waals surface area (Å²) in [6.45, 7) is -0.806. The molecule has 0 aliphatic heterocycles. The number of hydrogen-bond donors (Lipinski definition) is 3. The van der Waals surface area contributed by atoms with Crippen LogP contribution in [-0.4, -0.2) is 44.2 Å². The van der Waals surface area contributed by atoms with Crippen LogP contribution in [-0.2, 0) is 14.8 Å². The molecule has 0 bridgehead atoms. The molecular formula is C12H11NO8S. The van der Waals surface area contributed by atoms with Crippen LogP contribution in [0.3, 0.4) is 0 Å². The van der Waals surface area contributed by atoms with Gasteiger partial charge in [-0.15, -0.1) is 0 Å². The molecule has 10 heteroatoms. The monoisotopic (exact) mass is 329 g/mol. The molecule has 118 valence electrons. The lowest BCUT2D eigenvalue weighted by Crippen LogP contribution is -2.29. The third-order valence-corrected chi connectivity index (χ3v) is 4.20. The highest BCUT2D eigenvalue weighted by atomic mass is 32.2. The molecule has 0 atom stereocenters. The second-order valence-electron chi connectivity index (χ2n) is 4.14. The van der Waals surface area contributed by atoms with Crippen molar-refractivity contribution in [1.29, 1.82) is 0 Å². The molecule has 0 saturated heterocycles. The molecule has 1 heterocycles. The summed E-state index contributed by atoms with van der Waals surface area (Å²) in [6, 6.07) is 3.49. The van der Waals surface area contributed by atoms with E-state index < -0.39 is 34.3 Å². The number of aliphatic carboxylic acids is 1. The van der Waals surface area contributed by atoms with Crippen LogP contribution < -0.4 is 9.46 Å². The molecule has 0 amide bonds. The highest BCUT2D eigenvalue weighted by Crippen LogP contribution is 2.33. The van der Waals surface area contributed by atoms with Crippen LogP contribution in [0.25, 0.3) is 11.0 Å². The van der Waals surface area contributed by atoms with Crippen molar-refractivity contribution < 1.29 is 37.4 Å². The zero-order chi connectivity index (χ0) is 16.5. The van der Waals surface area contributed by atoms with E-state index in [0.29, 0.717) is 0 Å². The first-order chi connectivity index (χ1) is 10.3. The van der Waals surface area contributed by atoms with E-state index in [1.54, 1.807) is 0 Å². The summed E-state index contributed by atoms with van der Waals surface area (Å²) < 4.78 is 36.2. The summed E-state index contributed by atoms with van der Waals surface area (Å²) in [6.07, 6.45) is 0. The van der Waals surface area contributed by atoms with Gasteiger partial charge in [-0.3, -0.25) is 4.79 Å². The molecule has 22 heavy (non-hydrogen) atoms. The maximum absolute atomic E-state index is 12.1. The van der Waals surface area contributed by atoms with Crippen molar-refractivity contribution in [1.82, 2.24) is 4.72 Å². The number of benzene rings is 1. The Morgan fingerprint density at radius 3 is 2.55 bits per heavy atom. The molecule has 9 nitrogen and oxygen atoms in total. The van der Waals surface area contributed by atoms with Gasteiger partial charge in [0.25, 0.3) is 0 Å². The Hall–Kier alpha value is -2.59. The van der Waals surface area contributed by atoms with E-state index in [1.165, 1.54) is 19.2 Å². The van der Waals surface area contributed by atoms with Gasteiger partial charge in [0.15, 0.2) is 11.3 Å². The third kappa shape index (κ3) is 2.87. The molecule has 0 radical (unpaired) electrons. The number of carbonyl (C=O) groups is 2. The Bertz CT molecular complexity index is 851. The average molecular weight is 329 g/mol. The molecule has 1 aromatic carbocycles. The topological polar surface area (TPSA) is 143 Å². The first kappa shape index (κ1) is 15.8. The van der Waals surface area contributed by atoms with Crippen LogP contribution in [0, 0.1) is 0 Å². The number of methoxy groups -OCH3 is 1. The minimum atomic E-state index is -4.16. The molecule has 0 aliphatic rings. The number of rotatable bonds is 6. The van der Waals surface area contributed by atoms with Gasteiger partial charge in [-0.25, -0.2) is 13.2 Å². The number of ether oxygens (including phenoxy) is 1. The maximum Gasteiger partial charge on any atom is 0.371 e. The fourth-order valence-electron chi connectivity index (χ4n) is 1.81. The fourth-order valence-corrected chi connectivity index (χ4v) is 2.97. The Morgan fingerprint density at radius 2 is 2.00 bits per heavy atom. The van der Waals surface area contributed by atoms with Crippen LogP contribution in [0.1, 0.15) is 10.6 Å². The molecule has 2 aromatic rings. The number of nitrogens with one attached hydrogen (secondary N) is 1. The van der Waals surface area contributed by atoms with Gasteiger partial charge in [0.05, 0.1) is 12.0 Å². The van der Waals surface area contributed by atoms with Gasteiger partial charge in [0, 0.05) is 11.5 Å². The van der Waals surface area contributed by atoms with Crippen LogP contribution in [0.4, 0.5) is 0 Å². The zero-order valence-electron chi connectivity index (χ0n) is 11.2. The van der Waals surface area contributed by atoms with E-state index in [4.69, 9.17) is 19.4 Å². The van der Waals surface area contributed by atoms with Gasteiger partial charge in [0.2, 0.25) is 15.8 Å². The second-order valence-corrected chi connectivity index (χ2v) is 5.88. The van der Waals surface area contributed by atoms with Gasteiger partial charge < -0.3 is 19.4 Å². The Balaban J connectivity index is 2.64. The van der Waals surface area contributed by atoms with Crippen LogP contribution in [0.15, 0.2) is 27.5 Å². The number of carboxylic acids is 2. The Labute approximate surface area is 124 Å². The molecular weight excluding hydrogens is 318 g/mol. The highest BCUT2D eigenvalue weighted by Gasteiger charge is 2.24. The minimum Gasteiger partial charge on any atom is -0.493 e. The van der Waals surface area contributed by atoms with Crippen molar-refractivity contribution >= 4 is 32.9 Å². The van der Waals surface area contributed by atoms with E-state index in [-0.39, 0.29) is 21.6 Å². The molecule has 3 N–H and O–H groups in total. The second kappa shape index (κ2) is 5.66. The van der Waals surface area contributed by atoms with E-state index in [9.17, 15) is 18.0 Å². The summed E-state index contributed by atoms with van der Waals surface area (Å²) in [5, 5.41) is 17.5. The van der Waals surface area contributed by atoms with Crippen LogP contribution in [0.5, 0.6) is 5.75 Å². The predicted molar refractivity (Wildman–Crippen MR) is 72.5 cm³/mol. The quantitative estimate of drug-likeness (QED) is 0.695. The third-order valence-electron chi connectivity index (χ3n) is 2.74. The number of fused-ring (bicyclic) bond motifs is 1. The SMILES string of the molecule is COc1ccc(S(=O)(=O)NCC(=O)O)c2cc(C(=O)O)oc12. The normalized spacial score (nSPS) is 11.5. The molecule has 0 saturated carbocycles. The highest BCUT2D eigenvalue weighted by molar-refractivity contribution is 7.89. The summed E-state index contributed by atoms with van der Waals surface area (Å²) in [5.41, 5.74) is -0.0573. The smallest absolute Gasteiger partial charge is 0.371 e. The lowest BCUT2D eigenvalue weighted by molar-refractivity contribution is -0.135. The number of hydrogen-bond acceptors (Lipinski definition) is 6. The molecule has 2 rings (SSSR count). The van der Waals surface area contributed by atoms with E-state index in [2.05, 4.69) is 0 Å². The summed E-state index contributed by atoms with van der Waals surface area (Å²) in [5.74, 6) is -3.04. The van der Waals surface area contributed by atoms with Gasteiger partial charge in [0.1, 0.15) is 6.54 Å². The number of aromatic carboxylic acids is 1. The van der Waals surface area contributed by atoms with Gasteiger partial charge in [-0.2, -0.15) is 4.72 Å². The van der Waals surface area contributed by atoms with Crippen molar-refractivity contribution in [2.75, 3.05) is 13.7 Å². The van der Waals surface area contributed by atoms with Gasteiger partial charge in [-0.05, 0) is 12.1 Å². The van der Waals surface area contributed by atoms with Crippen molar-refractivity contribution in [2.45, 2.75) is 4.90 Å². The first-order valence-electron chi connectivity index (χ1n) is 5.81. The fraction of sp³-hybridized carbons (Fsp3) is 0.167. The molecule has 0 spiro atoms. The number of furan rings is 1. The zero-order valence-corrected chi connectivity index (χ0v) is 12.0. The maximum atomic E-state index is 12.1. The van der Waals surface area contributed by atoms with Gasteiger partial charge >= 0.3 is 11.9 Å². The summed E-state index contributed by atoms with van der Waals surface area (Å²) >= 11 is 0. The lowest BCUT2D eigenvalue weighted by atomic mass is 10.2. The minimum absolute atomic E-state index is 0.0189. The number of carboxylic acid groups (broad SMARTS) is 2. The predicted octanol–water partition coefficient (Wildman–Crippen LogP) is 0.502. The first-order valence-corrected chi connectivity index (χ1v) is 7.30. The standard InChI is InChI=1S/C12H11NO8S/c1-20-7-2-3-9(22(18,19)13-5-10(14)15)6-4-8(12(16)17)21-11(6)7/h2-4,13H,5H2,1H3,(H,14,15)(H,16,17). The van der Waals surface area contributed by atoms with Crippen molar-refractivity contribution in [3.05, 3.63) is 24.0 Å². The average Bonchev–Trinajstić information content (AvgIpc) is 2.89. The largest absolute Gasteiger partial charge is 0.493 e. The Kier molecular flexibility index (Phi) is 4.06. The molecule has 0 fully saturated rings.